The molecule has 0 fully saturated rings. The van der Waals surface area contributed by atoms with Gasteiger partial charge in [-0.3, -0.25) is 9.69 Å². The van der Waals surface area contributed by atoms with Crippen LogP contribution in [0.3, 0.4) is 0 Å². The molecule has 1 aliphatic heterocycles. The van der Waals surface area contributed by atoms with E-state index in [1.807, 2.05) is 18.2 Å². The maximum Gasteiger partial charge on any atom is 0.335 e. The molecule has 0 saturated heterocycles. The number of methoxy groups -OCH3 is 2. The van der Waals surface area contributed by atoms with Crippen LogP contribution in [-0.4, -0.2) is 33.2 Å². The van der Waals surface area contributed by atoms with E-state index in [0.29, 0.717) is 22.9 Å². The number of hydrogen-bond acceptors (Lipinski definition) is 4. The number of hydrogen-bond donors (Lipinski definition) is 0. The van der Waals surface area contributed by atoms with Crippen LogP contribution in [0, 0.1) is 0 Å². The van der Waals surface area contributed by atoms with Gasteiger partial charge in [-0.05, 0) is 12.1 Å². The smallest absolute Gasteiger partial charge is 0.335 e. The van der Waals surface area contributed by atoms with Crippen LogP contribution in [0.15, 0.2) is 36.4 Å². The van der Waals surface area contributed by atoms with Crippen molar-refractivity contribution in [2.75, 3.05) is 31.1 Å². The SMILES string of the molecule is COc1cc2c(cc1OC)N(C)C(=O)N(C(C)=O)c1ccccc1-2. The Morgan fingerprint density at radius 1 is 0.958 bits per heavy atom. The first-order valence-electron chi connectivity index (χ1n) is 7.43. The summed E-state index contributed by atoms with van der Waals surface area (Å²) in [6, 6.07) is 10.5. The number of carbonyl (C=O) groups is 2. The zero-order valence-electron chi connectivity index (χ0n) is 14.0. The zero-order valence-corrected chi connectivity index (χ0v) is 14.0. The molecule has 3 rings (SSSR count). The van der Waals surface area contributed by atoms with Crippen molar-refractivity contribution < 1.29 is 19.1 Å². The predicted molar refractivity (Wildman–Crippen MR) is 91.9 cm³/mol. The van der Waals surface area contributed by atoms with Gasteiger partial charge in [-0.2, -0.15) is 0 Å². The highest BCUT2D eigenvalue weighted by atomic mass is 16.5. The van der Waals surface area contributed by atoms with Crippen LogP contribution in [0.5, 0.6) is 11.5 Å². The van der Waals surface area contributed by atoms with Crippen molar-refractivity contribution in [2.24, 2.45) is 0 Å². The number of imide groups is 1. The summed E-state index contributed by atoms with van der Waals surface area (Å²) in [4.78, 5) is 27.5. The fourth-order valence-corrected chi connectivity index (χ4v) is 2.92. The third-order valence-electron chi connectivity index (χ3n) is 4.09. The molecule has 0 aliphatic carbocycles. The van der Waals surface area contributed by atoms with E-state index in [0.717, 1.165) is 11.1 Å². The molecule has 3 amide bonds. The number of carbonyl (C=O) groups excluding carboxylic acids is 2. The number of benzene rings is 2. The molecule has 0 bridgehead atoms. The molecule has 0 radical (unpaired) electrons. The lowest BCUT2D eigenvalue weighted by Gasteiger charge is -2.24. The lowest BCUT2D eigenvalue weighted by atomic mass is 10.0. The molecule has 0 aromatic heterocycles. The highest BCUT2D eigenvalue weighted by Gasteiger charge is 2.33. The first kappa shape index (κ1) is 15.9. The molecule has 2 aromatic carbocycles. The van der Waals surface area contributed by atoms with Gasteiger partial charge in [-0.15, -0.1) is 0 Å². The Morgan fingerprint density at radius 2 is 1.58 bits per heavy atom. The molecule has 0 N–H and O–H groups in total. The molecule has 0 saturated carbocycles. The molecular weight excluding hydrogens is 308 g/mol. The Hall–Kier alpha value is -3.02. The van der Waals surface area contributed by atoms with E-state index < -0.39 is 6.03 Å². The fraction of sp³-hybridized carbons (Fsp3) is 0.222. The minimum atomic E-state index is -0.416. The summed E-state index contributed by atoms with van der Waals surface area (Å²) in [6.45, 7) is 1.37. The van der Waals surface area contributed by atoms with E-state index in [4.69, 9.17) is 9.47 Å². The van der Waals surface area contributed by atoms with Gasteiger partial charge in [-0.1, -0.05) is 18.2 Å². The average Bonchev–Trinajstić information content (AvgIpc) is 2.68. The quantitative estimate of drug-likeness (QED) is 0.850. The highest BCUT2D eigenvalue weighted by molar-refractivity contribution is 6.23. The van der Waals surface area contributed by atoms with Crippen LogP contribution in [0.1, 0.15) is 6.92 Å². The minimum Gasteiger partial charge on any atom is -0.493 e. The van der Waals surface area contributed by atoms with Crippen molar-refractivity contribution in [3.8, 4) is 22.6 Å². The van der Waals surface area contributed by atoms with Gasteiger partial charge in [0, 0.05) is 31.2 Å². The summed E-state index contributed by atoms with van der Waals surface area (Å²) in [6.07, 6.45) is 0. The second-order valence-electron chi connectivity index (χ2n) is 5.44. The van der Waals surface area contributed by atoms with Crippen molar-refractivity contribution in [1.29, 1.82) is 0 Å². The summed E-state index contributed by atoms with van der Waals surface area (Å²) < 4.78 is 10.7. The van der Waals surface area contributed by atoms with E-state index in [2.05, 4.69) is 0 Å². The summed E-state index contributed by atoms with van der Waals surface area (Å²) in [5.41, 5.74) is 2.77. The minimum absolute atomic E-state index is 0.342. The van der Waals surface area contributed by atoms with E-state index in [-0.39, 0.29) is 5.91 Å². The lowest BCUT2D eigenvalue weighted by molar-refractivity contribution is -0.115. The standard InChI is InChI=1S/C18H18N2O4/c1-11(21)20-14-8-6-5-7-12(14)13-9-16(23-3)17(24-4)10-15(13)19(2)18(20)22/h5-10H,1-4H3. The summed E-state index contributed by atoms with van der Waals surface area (Å²) in [5.74, 6) is 0.735. The van der Waals surface area contributed by atoms with Gasteiger partial charge < -0.3 is 9.47 Å². The van der Waals surface area contributed by atoms with Gasteiger partial charge in [0.1, 0.15) is 0 Å². The van der Waals surface area contributed by atoms with Crippen LogP contribution >= 0.6 is 0 Å². The molecule has 2 aromatic rings. The summed E-state index contributed by atoms with van der Waals surface area (Å²) >= 11 is 0. The van der Waals surface area contributed by atoms with Gasteiger partial charge in [0.15, 0.2) is 11.5 Å². The van der Waals surface area contributed by atoms with Gasteiger partial charge in [0.2, 0.25) is 5.91 Å². The molecule has 124 valence electrons. The number of fused-ring (bicyclic) bond motifs is 3. The molecule has 0 spiro atoms. The first-order valence-corrected chi connectivity index (χ1v) is 7.43. The lowest BCUT2D eigenvalue weighted by Crippen LogP contribution is -2.43. The van der Waals surface area contributed by atoms with Crippen LogP contribution < -0.4 is 19.3 Å². The second-order valence-corrected chi connectivity index (χ2v) is 5.44. The first-order chi connectivity index (χ1) is 11.5. The Labute approximate surface area is 140 Å². The van der Waals surface area contributed by atoms with Crippen molar-refractivity contribution in [2.45, 2.75) is 6.92 Å². The monoisotopic (exact) mass is 326 g/mol. The van der Waals surface area contributed by atoms with Crippen LogP contribution in [-0.2, 0) is 4.79 Å². The predicted octanol–water partition coefficient (Wildman–Crippen LogP) is 3.29. The van der Waals surface area contributed by atoms with Crippen LogP contribution in [0.2, 0.25) is 0 Å². The van der Waals surface area contributed by atoms with Crippen LogP contribution in [0.4, 0.5) is 16.2 Å². The van der Waals surface area contributed by atoms with Crippen molar-refractivity contribution in [3.63, 3.8) is 0 Å². The number of urea groups is 1. The van der Waals surface area contributed by atoms with Gasteiger partial charge in [0.25, 0.3) is 0 Å². The van der Waals surface area contributed by atoms with Gasteiger partial charge in [-0.25, -0.2) is 9.69 Å². The molecule has 0 atom stereocenters. The van der Waals surface area contributed by atoms with E-state index in [9.17, 15) is 9.59 Å². The second kappa shape index (κ2) is 5.88. The Morgan fingerprint density at radius 3 is 2.21 bits per heavy atom. The zero-order chi connectivity index (χ0) is 17.4. The van der Waals surface area contributed by atoms with Crippen LogP contribution in [0.25, 0.3) is 11.1 Å². The molecule has 0 unspecified atom stereocenters. The van der Waals surface area contributed by atoms with Gasteiger partial charge >= 0.3 is 6.03 Å². The summed E-state index contributed by atoms with van der Waals surface area (Å²) in [5, 5.41) is 0. The number of ether oxygens (including phenoxy) is 2. The Bertz CT molecular complexity index is 832. The molecule has 24 heavy (non-hydrogen) atoms. The van der Waals surface area contributed by atoms with Crippen molar-refractivity contribution >= 4 is 23.3 Å². The topological polar surface area (TPSA) is 59.1 Å². The third kappa shape index (κ3) is 2.27. The number of anilines is 2. The third-order valence-corrected chi connectivity index (χ3v) is 4.09. The highest BCUT2D eigenvalue weighted by Crippen LogP contribution is 2.45. The maximum absolute atomic E-state index is 12.8. The van der Waals surface area contributed by atoms with Crippen molar-refractivity contribution in [1.82, 2.24) is 0 Å². The summed E-state index contributed by atoms with van der Waals surface area (Å²) in [7, 11) is 4.73. The largest absolute Gasteiger partial charge is 0.493 e. The Kier molecular flexibility index (Phi) is 3.89. The fourth-order valence-electron chi connectivity index (χ4n) is 2.92. The molecule has 6 heteroatoms. The van der Waals surface area contributed by atoms with E-state index >= 15 is 0 Å². The van der Waals surface area contributed by atoms with E-state index in [1.165, 1.54) is 16.7 Å². The van der Waals surface area contributed by atoms with E-state index in [1.54, 1.807) is 39.5 Å². The molecule has 1 aliphatic rings. The van der Waals surface area contributed by atoms with Crippen molar-refractivity contribution in [3.05, 3.63) is 36.4 Å². The number of para-hydroxylation sites is 1. The normalized spacial score (nSPS) is 13.1. The number of nitrogens with zero attached hydrogens (tertiary/aromatic N) is 2. The molecule has 1 heterocycles. The average molecular weight is 326 g/mol. The molecule has 6 nitrogen and oxygen atoms in total. The Balaban J connectivity index is 2.37. The number of amides is 3. The maximum atomic E-state index is 12.8. The molecular formula is C18H18N2O4. The number of rotatable bonds is 2. The van der Waals surface area contributed by atoms with Gasteiger partial charge in [0.05, 0.1) is 25.6 Å².